The number of allylic oxidation sites excluding steroid dienone is 2. The van der Waals surface area contributed by atoms with Crippen molar-refractivity contribution in [2.24, 2.45) is 5.92 Å². The van der Waals surface area contributed by atoms with Gasteiger partial charge in [-0.25, -0.2) is 0 Å². The average Bonchev–Trinajstić information content (AvgIpc) is 2.27. The van der Waals surface area contributed by atoms with Gasteiger partial charge in [0.2, 0.25) is 5.91 Å². The van der Waals surface area contributed by atoms with Crippen LogP contribution >= 0.6 is 0 Å². The number of nitrogens with zero attached hydrogens (tertiary/aromatic N) is 1. The van der Waals surface area contributed by atoms with Crippen LogP contribution in [0.2, 0.25) is 0 Å². The first-order valence-electron chi connectivity index (χ1n) is 5.19. The van der Waals surface area contributed by atoms with Crippen LogP contribution in [0.15, 0.2) is 12.2 Å². The zero-order chi connectivity index (χ0) is 10.6. The van der Waals surface area contributed by atoms with Gasteiger partial charge in [0.25, 0.3) is 0 Å². The van der Waals surface area contributed by atoms with Crippen LogP contribution in [0.3, 0.4) is 0 Å². The van der Waals surface area contributed by atoms with Gasteiger partial charge in [-0.2, -0.15) is 0 Å². The number of likely N-dealkylation sites (N-methyl/N-ethyl adjacent to an activating group) is 1. The lowest BCUT2D eigenvalue weighted by atomic mass is 9.93. The van der Waals surface area contributed by atoms with E-state index in [0.717, 1.165) is 19.3 Å². The second-order valence-corrected chi connectivity index (χ2v) is 3.96. The highest BCUT2D eigenvalue weighted by Crippen LogP contribution is 2.20. The van der Waals surface area contributed by atoms with E-state index in [1.54, 1.807) is 11.9 Å². The van der Waals surface area contributed by atoms with E-state index in [1.807, 2.05) is 6.92 Å². The molecule has 1 amide bonds. The molecule has 0 aliphatic heterocycles. The van der Waals surface area contributed by atoms with Crippen molar-refractivity contribution < 1.29 is 9.90 Å². The van der Waals surface area contributed by atoms with Gasteiger partial charge in [-0.15, -0.1) is 0 Å². The first kappa shape index (κ1) is 11.2. The Kier molecular flexibility index (Phi) is 4.14. The van der Waals surface area contributed by atoms with Gasteiger partial charge in [0.15, 0.2) is 0 Å². The van der Waals surface area contributed by atoms with E-state index in [-0.39, 0.29) is 24.5 Å². The summed E-state index contributed by atoms with van der Waals surface area (Å²) in [6.07, 6.45) is 6.99. The molecule has 14 heavy (non-hydrogen) atoms. The van der Waals surface area contributed by atoms with Crippen molar-refractivity contribution in [3.63, 3.8) is 0 Å². The topological polar surface area (TPSA) is 40.5 Å². The number of hydrogen-bond donors (Lipinski definition) is 1. The van der Waals surface area contributed by atoms with E-state index in [4.69, 9.17) is 5.11 Å². The molecule has 80 valence electrons. The summed E-state index contributed by atoms with van der Waals surface area (Å²) in [4.78, 5) is 13.5. The molecule has 0 saturated carbocycles. The molecule has 0 aromatic rings. The molecule has 2 unspecified atom stereocenters. The molecule has 3 heteroatoms. The normalized spacial score (nSPS) is 23.2. The number of amides is 1. The maximum absolute atomic E-state index is 11.9. The van der Waals surface area contributed by atoms with Crippen LogP contribution in [0.5, 0.6) is 0 Å². The molecule has 1 aliphatic carbocycles. The second-order valence-electron chi connectivity index (χ2n) is 3.96. The zero-order valence-electron chi connectivity index (χ0n) is 8.94. The van der Waals surface area contributed by atoms with E-state index >= 15 is 0 Å². The Morgan fingerprint density at radius 1 is 1.64 bits per heavy atom. The van der Waals surface area contributed by atoms with Crippen LogP contribution in [0, 0.1) is 5.92 Å². The summed E-state index contributed by atoms with van der Waals surface area (Å²) in [5, 5.41) is 8.94. The van der Waals surface area contributed by atoms with Crippen molar-refractivity contribution in [2.75, 3.05) is 13.7 Å². The molecule has 0 bridgehead atoms. The fourth-order valence-corrected chi connectivity index (χ4v) is 1.65. The fraction of sp³-hybridized carbons (Fsp3) is 0.727. The number of aliphatic hydroxyl groups excluding tert-OH is 1. The van der Waals surface area contributed by atoms with Gasteiger partial charge in [-0.3, -0.25) is 4.79 Å². The Hall–Kier alpha value is -0.830. The predicted octanol–water partition coefficient (Wildman–Crippen LogP) is 1.18. The third-order valence-corrected chi connectivity index (χ3v) is 2.89. The maximum atomic E-state index is 11.9. The lowest BCUT2D eigenvalue weighted by Gasteiger charge is -2.28. The zero-order valence-corrected chi connectivity index (χ0v) is 8.94. The number of carbonyl (C=O) groups excluding carboxylic acids is 1. The highest BCUT2D eigenvalue weighted by atomic mass is 16.3. The molecule has 0 aromatic carbocycles. The van der Waals surface area contributed by atoms with Gasteiger partial charge in [-0.1, -0.05) is 12.2 Å². The molecule has 0 aromatic heterocycles. The largest absolute Gasteiger partial charge is 0.394 e. The summed E-state index contributed by atoms with van der Waals surface area (Å²) in [7, 11) is 1.77. The molecule has 1 N–H and O–H groups in total. The minimum Gasteiger partial charge on any atom is -0.394 e. The van der Waals surface area contributed by atoms with Gasteiger partial charge < -0.3 is 10.0 Å². The van der Waals surface area contributed by atoms with E-state index in [0.29, 0.717) is 0 Å². The molecular formula is C11H19NO2. The first-order chi connectivity index (χ1) is 6.66. The van der Waals surface area contributed by atoms with Gasteiger partial charge in [0.05, 0.1) is 12.6 Å². The highest BCUT2D eigenvalue weighted by molar-refractivity contribution is 5.79. The summed E-state index contributed by atoms with van der Waals surface area (Å²) in [5.74, 6) is 0.287. The van der Waals surface area contributed by atoms with Crippen LogP contribution in [-0.2, 0) is 4.79 Å². The fourth-order valence-electron chi connectivity index (χ4n) is 1.65. The summed E-state index contributed by atoms with van der Waals surface area (Å²) < 4.78 is 0. The van der Waals surface area contributed by atoms with Crippen molar-refractivity contribution in [1.82, 2.24) is 4.90 Å². The van der Waals surface area contributed by atoms with Crippen molar-refractivity contribution in [2.45, 2.75) is 32.2 Å². The monoisotopic (exact) mass is 197 g/mol. The summed E-state index contributed by atoms with van der Waals surface area (Å²) >= 11 is 0. The Morgan fingerprint density at radius 3 is 2.86 bits per heavy atom. The highest BCUT2D eigenvalue weighted by Gasteiger charge is 2.24. The van der Waals surface area contributed by atoms with Crippen molar-refractivity contribution in [3.05, 3.63) is 12.2 Å². The molecule has 2 atom stereocenters. The molecule has 0 radical (unpaired) electrons. The quantitative estimate of drug-likeness (QED) is 0.690. The lowest BCUT2D eigenvalue weighted by molar-refractivity contribution is -0.137. The number of hydrogen-bond acceptors (Lipinski definition) is 2. The summed E-state index contributed by atoms with van der Waals surface area (Å²) in [6, 6.07) is -0.0755. The Morgan fingerprint density at radius 2 is 2.36 bits per heavy atom. The van der Waals surface area contributed by atoms with Crippen LogP contribution in [-0.4, -0.2) is 35.6 Å². The molecule has 0 saturated heterocycles. The van der Waals surface area contributed by atoms with Crippen LogP contribution in [0.25, 0.3) is 0 Å². The second kappa shape index (κ2) is 5.15. The number of aliphatic hydroxyl groups is 1. The third kappa shape index (κ3) is 2.58. The van der Waals surface area contributed by atoms with Gasteiger partial charge in [0, 0.05) is 13.0 Å². The van der Waals surface area contributed by atoms with E-state index in [1.165, 1.54) is 0 Å². The lowest BCUT2D eigenvalue weighted by Crippen LogP contribution is -2.41. The molecule has 1 aliphatic rings. The number of rotatable bonds is 3. The maximum Gasteiger partial charge on any atom is 0.226 e. The van der Waals surface area contributed by atoms with Crippen molar-refractivity contribution >= 4 is 5.91 Å². The Bertz CT molecular complexity index is 225. The van der Waals surface area contributed by atoms with Gasteiger partial charge >= 0.3 is 0 Å². The van der Waals surface area contributed by atoms with Crippen molar-refractivity contribution in [3.8, 4) is 0 Å². The predicted molar refractivity (Wildman–Crippen MR) is 55.8 cm³/mol. The van der Waals surface area contributed by atoms with Gasteiger partial charge in [-0.05, 0) is 26.2 Å². The number of carbonyl (C=O) groups is 1. The first-order valence-corrected chi connectivity index (χ1v) is 5.19. The SMILES string of the molecule is CC(CO)N(C)C(=O)C1CC=CCC1. The molecule has 1 rings (SSSR count). The van der Waals surface area contributed by atoms with Crippen molar-refractivity contribution in [1.29, 1.82) is 0 Å². The third-order valence-electron chi connectivity index (χ3n) is 2.89. The Balaban J connectivity index is 2.51. The van der Waals surface area contributed by atoms with Crippen LogP contribution < -0.4 is 0 Å². The van der Waals surface area contributed by atoms with E-state index < -0.39 is 0 Å². The molecule has 0 spiro atoms. The van der Waals surface area contributed by atoms with Crippen LogP contribution in [0.4, 0.5) is 0 Å². The summed E-state index contributed by atoms with van der Waals surface area (Å²) in [5.41, 5.74) is 0. The van der Waals surface area contributed by atoms with E-state index in [2.05, 4.69) is 12.2 Å². The molecule has 3 nitrogen and oxygen atoms in total. The standard InChI is InChI=1S/C11H19NO2/c1-9(8-13)12(2)11(14)10-6-4-3-5-7-10/h3-4,9-10,13H,5-8H2,1-2H3. The minimum absolute atomic E-state index is 0.0325. The molecule has 0 fully saturated rings. The van der Waals surface area contributed by atoms with E-state index in [9.17, 15) is 4.79 Å². The van der Waals surface area contributed by atoms with Gasteiger partial charge in [0.1, 0.15) is 0 Å². The summed E-state index contributed by atoms with van der Waals surface area (Å²) in [6.45, 7) is 1.89. The Labute approximate surface area is 85.4 Å². The van der Waals surface area contributed by atoms with Crippen LogP contribution in [0.1, 0.15) is 26.2 Å². The minimum atomic E-state index is -0.0755. The smallest absolute Gasteiger partial charge is 0.226 e. The molecular weight excluding hydrogens is 178 g/mol. The average molecular weight is 197 g/mol. The molecule has 0 heterocycles.